The standard InChI is InChI=1S/C17H23Br2N3O3/c1-3-7-12(18)16(24)20-14-10-6-5-9-11(14)15(23)21-22-17(25)13(19)8-4-2/h5-6,9-10,12-13H,3-4,7-8H2,1-2H3,(H,20,24)(H,21,23)(H,22,25)/t12-,13+/m0/s1. The third kappa shape index (κ3) is 7.15. The maximum atomic E-state index is 12.3. The van der Waals surface area contributed by atoms with E-state index in [2.05, 4.69) is 48.0 Å². The van der Waals surface area contributed by atoms with Crippen LogP contribution >= 0.6 is 31.9 Å². The van der Waals surface area contributed by atoms with Crippen molar-refractivity contribution in [2.45, 2.75) is 49.2 Å². The van der Waals surface area contributed by atoms with Crippen molar-refractivity contribution in [3.63, 3.8) is 0 Å². The van der Waals surface area contributed by atoms with E-state index in [1.54, 1.807) is 24.3 Å². The molecule has 138 valence electrons. The zero-order chi connectivity index (χ0) is 18.8. The van der Waals surface area contributed by atoms with Gasteiger partial charge in [-0.1, -0.05) is 70.7 Å². The number of carbonyl (C=O) groups excluding carboxylic acids is 3. The van der Waals surface area contributed by atoms with Crippen LogP contribution in [0.2, 0.25) is 0 Å². The van der Waals surface area contributed by atoms with Crippen LogP contribution in [0.4, 0.5) is 5.69 Å². The Kier molecular flexibility index (Phi) is 9.74. The molecule has 0 heterocycles. The number of carbonyl (C=O) groups is 3. The van der Waals surface area contributed by atoms with Gasteiger partial charge in [-0.25, -0.2) is 0 Å². The lowest BCUT2D eigenvalue weighted by atomic mass is 10.1. The molecule has 25 heavy (non-hydrogen) atoms. The van der Waals surface area contributed by atoms with Gasteiger partial charge in [0.25, 0.3) is 11.8 Å². The Bertz CT molecular complexity index is 611. The van der Waals surface area contributed by atoms with Crippen molar-refractivity contribution in [1.29, 1.82) is 0 Å². The van der Waals surface area contributed by atoms with Gasteiger partial charge in [0.05, 0.1) is 20.9 Å². The van der Waals surface area contributed by atoms with Crippen molar-refractivity contribution in [2.24, 2.45) is 0 Å². The molecule has 0 aromatic heterocycles. The molecule has 0 saturated heterocycles. The van der Waals surface area contributed by atoms with Crippen molar-refractivity contribution in [1.82, 2.24) is 10.9 Å². The second kappa shape index (κ2) is 11.3. The average molecular weight is 477 g/mol. The molecule has 1 rings (SSSR count). The van der Waals surface area contributed by atoms with Crippen molar-refractivity contribution >= 4 is 55.3 Å². The van der Waals surface area contributed by atoms with E-state index in [0.717, 1.165) is 12.8 Å². The minimum absolute atomic E-state index is 0.213. The predicted molar refractivity (Wildman–Crippen MR) is 106 cm³/mol. The van der Waals surface area contributed by atoms with Crippen molar-refractivity contribution < 1.29 is 14.4 Å². The van der Waals surface area contributed by atoms with E-state index >= 15 is 0 Å². The SMILES string of the molecule is CCC[C@@H](Br)C(=O)NNC(=O)c1ccccc1NC(=O)[C@@H](Br)CCC. The molecule has 0 radical (unpaired) electrons. The summed E-state index contributed by atoms with van der Waals surface area (Å²) in [6.07, 6.45) is 3.07. The third-order valence-corrected chi connectivity index (χ3v) is 5.13. The number of para-hydroxylation sites is 1. The Morgan fingerprint density at radius 1 is 0.920 bits per heavy atom. The summed E-state index contributed by atoms with van der Waals surface area (Å²) < 4.78 is 0. The van der Waals surface area contributed by atoms with Gasteiger partial charge in [-0.05, 0) is 25.0 Å². The maximum absolute atomic E-state index is 12.3. The molecular weight excluding hydrogens is 454 g/mol. The number of nitrogens with one attached hydrogen (secondary N) is 3. The molecule has 0 fully saturated rings. The third-order valence-electron chi connectivity index (χ3n) is 3.38. The molecule has 0 unspecified atom stereocenters. The van der Waals surface area contributed by atoms with Crippen molar-refractivity contribution in [3.8, 4) is 0 Å². The maximum Gasteiger partial charge on any atom is 0.271 e. The molecular formula is C17H23Br2N3O3. The smallest absolute Gasteiger partial charge is 0.271 e. The molecule has 8 heteroatoms. The summed E-state index contributed by atoms with van der Waals surface area (Å²) >= 11 is 6.59. The highest BCUT2D eigenvalue weighted by Crippen LogP contribution is 2.17. The second-order valence-electron chi connectivity index (χ2n) is 5.49. The molecule has 0 saturated carbocycles. The summed E-state index contributed by atoms with van der Waals surface area (Å²) in [6.45, 7) is 3.95. The van der Waals surface area contributed by atoms with Gasteiger partial charge in [-0.2, -0.15) is 0 Å². The summed E-state index contributed by atoms with van der Waals surface area (Å²) in [5.41, 5.74) is 5.42. The fourth-order valence-corrected chi connectivity index (χ4v) is 3.18. The minimum Gasteiger partial charge on any atom is -0.324 e. The van der Waals surface area contributed by atoms with Crippen LogP contribution in [0.3, 0.4) is 0 Å². The number of rotatable bonds is 8. The number of halogens is 2. The van der Waals surface area contributed by atoms with Gasteiger partial charge in [0.1, 0.15) is 0 Å². The van der Waals surface area contributed by atoms with Crippen LogP contribution in [0.5, 0.6) is 0 Å². The van der Waals surface area contributed by atoms with E-state index in [0.29, 0.717) is 18.5 Å². The number of alkyl halides is 2. The molecule has 0 aliphatic carbocycles. The molecule has 0 spiro atoms. The quantitative estimate of drug-likeness (QED) is 0.396. The predicted octanol–water partition coefficient (Wildman–Crippen LogP) is 3.51. The Morgan fingerprint density at radius 2 is 1.48 bits per heavy atom. The molecule has 0 bridgehead atoms. The lowest BCUT2D eigenvalue weighted by Gasteiger charge is -2.15. The molecule has 3 amide bonds. The van der Waals surface area contributed by atoms with Crippen LogP contribution in [0.1, 0.15) is 49.9 Å². The lowest BCUT2D eigenvalue weighted by Crippen LogP contribution is -2.45. The van der Waals surface area contributed by atoms with E-state index in [1.807, 2.05) is 13.8 Å². The number of hydrogen-bond acceptors (Lipinski definition) is 3. The van der Waals surface area contributed by atoms with Gasteiger partial charge in [0.2, 0.25) is 5.91 Å². The lowest BCUT2D eigenvalue weighted by molar-refractivity contribution is -0.121. The zero-order valence-electron chi connectivity index (χ0n) is 14.3. The Hall–Kier alpha value is -1.41. The largest absolute Gasteiger partial charge is 0.324 e. The van der Waals surface area contributed by atoms with Gasteiger partial charge >= 0.3 is 0 Å². The van der Waals surface area contributed by atoms with Gasteiger partial charge in [-0.3, -0.25) is 25.2 Å². The first-order valence-corrected chi connectivity index (χ1v) is 10.0. The molecule has 6 nitrogen and oxygen atoms in total. The van der Waals surface area contributed by atoms with Crippen molar-refractivity contribution in [3.05, 3.63) is 29.8 Å². The molecule has 1 aromatic carbocycles. The summed E-state index contributed by atoms with van der Waals surface area (Å²) in [4.78, 5) is 35.6. The summed E-state index contributed by atoms with van der Waals surface area (Å²) in [7, 11) is 0. The van der Waals surface area contributed by atoms with Crippen LogP contribution in [-0.4, -0.2) is 27.4 Å². The summed E-state index contributed by atoms with van der Waals surface area (Å²) in [5, 5.41) is 2.74. The van der Waals surface area contributed by atoms with Crippen LogP contribution in [0.15, 0.2) is 24.3 Å². The van der Waals surface area contributed by atoms with Gasteiger partial charge in [0, 0.05) is 0 Å². The van der Waals surface area contributed by atoms with Gasteiger partial charge < -0.3 is 5.32 Å². The number of hydrazine groups is 1. The molecule has 0 aliphatic heterocycles. The Labute approximate surface area is 164 Å². The highest BCUT2D eigenvalue weighted by atomic mass is 79.9. The fraction of sp³-hybridized carbons (Fsp3) is 0.471. The topological polar surface area (TPSA) is 87.3 Å². The molecule has 1 aromatic rings. The highest BCUT2D eigenvalue weighted by molar-refractivity contribution is 9.10. The van der Waals surface area contributed by atoms with E-state index in [-0.39, 0.29) is 27.0 Å². The summed E-state index contributed by atoms with van der Waals surface area (Å²) in [6, 6.07) is 6.64. The van der Waals surface area contributed by atoms with Crippen molar-refractivity contribution in [2.75, 3.05) is 5.32 Å². The fourth-order valence-electron chi connectivity index (χ4n) is 2.03. The van der Waals surface area contributed by atoms with Gasteiger partial charge in [-0.15, -0.1) is 0 Å². The van der Waals surface area contributed by atoms with E-state index in [4.69, 9.17) is 0 Å². The first-order chi connectivity index (χ1) is 11.9. The second-order valence-corrected chi connectivity index (χ2v) is 7.70. The Balaban J connectivity index is 2.73. The van der Waals surface area contributed by atoms with E-state index in [1.165, 1.54) is 0 Å². The number of benzene rings is 1. The normalized spacial score (nSPS) is 12.8. The average Bonchev–Trinajstić information content (AvgIpc) is 2.60. The van der Waals surface area contributed by atoms with E-state index < -0.39 is 5.91 Å². The number of anilines is 1. The first kappa shape index (κ1) is 21.6. The summed E-state index contributed by atoms with van der Waals surface area (Å²) in [5.74, 6) is -1.03. The molecule has 0 aliphatic rings. The van der Waals surface area contributed by atoms with E-state index in [9.17, 15) is 14.4 Å². The molecule has 2 atom stereocenters. The number of amides is 3. The highest BCUT2D eigenvalue weighted by Gasteiger charge is 2.19. The zero-order valence-corrected chi connectivity index (χ0v) is 17.4. The molecule has 3 N–H and O–H groups in total. The first-order valence-electron chi connectivity index (χ1n) is 8.18. The van der Waals surface area contributed by atoms with Crippen LogP contribution in [0.25, 0.3) is 0 Å². The van der Waals surface area contributed by atoms with Gasteiger partial charge in [0.15, 0.2) is 0 Å². The Morgan fingerprint density at radius 3 is 2.08 bits per heavy atom. The number of hydrogen-bond donors (Lipinski definition) is 3. The van der Waals surface area contributed by atoms with Crippen LogP contribution in [0, 0.1) is 0 Å². The van der Waals surface area contributed by atoms with Crippen LogP contribution < -0.4 is 16.2 Å². The monoisotopic (exact) mass is 475 g/mol. The minimum atomic E-state index is -0.498. The van der Waals surface area contributed by atoms with Crippen LogP contribution in [-0.2, 0) is 9.59 Å².